The fraction of sp³-hybridized carbons (Fsp3) is 0.342. The molecule has 6 aromatic heterocycles. The normalized spacial score (nSPS) is 10.9. The first-order chi connectivity index (χ1) is 45.8. The van der Waals surface area contributed by atoms with Crippen molar-refractivity contribution < 1.29 is 42.8 Å². The molecule has 0 atom stereocenters. The summed E-state index contributed by atoms with van der Waals surface area (Å²) in [6.45, 7) is 14.8. The maximum atomic E-state index is 11.6. The molecule has 0 unspecified atom stereocenters. The molecule has 6 heterocycles. The molecule has 0 amide bonds. The van der Waals surface area contributed by atoms with Crippen LogP contribution in [0.15, 0.2) is 141 Å². The van der Waals surface area contributed by atoms with Crippen LogP contribution < -0.4 is 14.2 Å². The van der Waals surface area contributed by atoms with Crippen molar-refractivity contribution in [1.82, 2.24) is 29.1 Å². The number of carbonyl (C=O) groups excluding carboxylic acids is 3. The predicted molar refractivity (Wildman–Crippen MR) is 413 cm³/mol. The van der Waals surface area contributed by atoms with Crippen LogP contribution in [0.2, 0.25) is 0 Å². The lowest BCUT2D eigenvalue weighted by molar-refractivity contribution is -0.144. The second-order valence-corrected chi connectivity index (χ2v) is 28.1. The average molecular weight is 1540 g/mol. The Bertz CT molecular complexity index is 4480. The summed E-state index contributed by atoms with van der Waals surface area (Å²) >= 11 is 13.9. The van der Waals surface area contributed by atoms with Gasteiger partial charge in [-0.3, -0.25) is 14.4 Å². The van der Waals surface area contributed by atoms with Gasteiger partial charge in [0, 0.05) is 84.9 Å². The molecule has 0 radical (unpaired) electrons. The van der Waals surface area contributed by atoms with Crippen molar-refractivity contribution in [1.29, 1.82) is 0 Å². The zero-order valence-corrected chi connectivity index (χ0v) is 63.1. The number of H-pyrrole nitrogens is 1. The number of aromatic nitrogens is 6. The number of esters is 3. The molecule has 510 valence electrons. The van der Waals surface area contributed by atoms with E-state index >= 15 is 0 Å². The van der Waals surface area contributed by atoms with Gasteiger partial charge >= 0.3 is 17.9 Å². The van der Waals surface area contributed by atoms with Gasteiger partial charge in [-0.05, 0) is 170 Å². The van der Waals surface area contributed by atoms with Gasteiger partial charge in [-0.2, -0.15) is 0 Å². The molecule has 0 aliphatic carbocycles. The quantitative estimate of drug-likeness (QED) is 0.0178. The van der Waals surface area contributed by atoms with Crippen molar-refractivity contribution in [2.75, 3.05) is 58.4 Å². The molecule has 15 nitrogen and oxygen atoms in total. The van der Waals surface area contributed by atoms with E-state index in [0.29, 0.717) is 39.1 Å². The van der Waals surface area contributed by atoms with Crippen molar-refractivity contribution >= 4 is 183 Å². The number of ether oxygens (including phenoxy) is 6. The van der Waals surface area contributed by atoms with Crippen LogP contribution in [0.25, 0.3) is 63.4 Å². The maximum absolute atomic E-state index is 11.6. The number of hydrogen-bond acceptors (Lipinski definition) is 18. The Labute approximate surface area is 606 Å². The van der Waals surface area contributed by atoms with Crippen molar-refractivity contribution in [3.8, 4) is 17.2 Å². The Morgan fingerprint density at radius 1 is 0.500 bits per heavy atom. The molecule has 23 heteroatoms. The molecule has 12 rings (SSSR count). The van der Waals surface area contributed by atoms with Crippen LogP contribution in [-0.2, 0) is 47.0 Å². The first kappa shape index (κ1) is 76.8. The number of benzene rings is 6. The van der Waals surface area contributed by atoms with E-state index in [9.17, 15) is 14.4 Å². The molecule has 0 aliphatic rings. The number of imidazole rings is 3. The number of aromatic amines is 1. The Balaban J connectivity index is 0.000000188. The van der Waals surface area contributed by atoms with E-state index in [1.54, 1.807) is 79.3 Å². The van der Waals surface area contributed by atoms with Gasteiger partial charge in [0.15, 0.2) is 15.5 Å². The van der Waals surface area contributed by atoms with Crippen LogP contribution in [0.5, 0.6) is 17.2 Å². The fourth-order valence-electron chi connectivity index (χ4n) is 10.7. The highest BCUT2D eigenvalue weighted by Crippen LogP contribution is 2.37. The van der Waals surface area contributed by atoms with E-state index in [2.05, 4.69) is 133 Å². The second kappa shape index (κ2) is 38.5. The van der Waals surface area contributed by atoms with Crippen molar-refractivity contribution in [2.45, 2.75) is 121 Å². The minimum absolute atomic E-state index is 0. The SMILES string of the molecule is Br.C.CCOC(=O)CCCSc1nc2cc(OC)ccc2n1Cc1csc2cccc(C)c12.CCOC(=O)CCCSc1nc2ccc(OC)cc2[nH]1.CCOC(=O)CCCSc1nc2ccc(OC)cc2n1Cc1csc2cccc(C)c12.Cc1cccc2scc(CBr)c12. The number of aryl methyl sites for hydroxylation is 3. The molecule has 96 heavy (non-hydrogen) atoms. The molecule has 1 N–H and O–H groups in total. The zero-order chi connectivity index (χ0) is 66.5. The van der Waals surface area contributed by atoms with Crippen LogP contribution in [0.1, 0.15) is 100 Å². The number of carbonyl (C=O) groups is 3. The van der Waals surface area contributed by atoms with Crippen molar-refractivity contribution in [3.05, 3.63) is 159 Å². The molecule has 0 spiro atoms. The zero-order valence-electron chi connectivity index (χ0n) is 54.9. The van der Waals surface area contributed by atoms with Gasteiger partial charge in [-0.1, -0.05) is 95.0 Å². The topological polar surface area (TPSA) is 171 Å². The molecule has 12 aromatic rings. The van der Waals surface area contributed by atoms with Gasteiger partial charge in [0.1, 0.15) is 17.2 Å². The maximum Gasteiger partial charge on any atom is 0.305 e. The molecule has 0 bridgehead atoms. The predicted octanol–water partition coefficient (Wildman–Crippen LogP) is 20.4. The lowest BCUT2D eigenvalue weighted by Gasteiger charge is -2.10. The third-order valence-corrected chi connectivity index (χ3v) is 21.8. The standard InChI is InChI=1S/2C24H26N2O3S2.C14H18N2O3S.C10H9BrS.CH4.BrH/c1-4-29-22(27)9-6-12-30-24-25-19-13-18(28-3)10-11-20(19)26(24)14-17-15-31-21-8-5-7-16(2)23(17)21;1-4-29-22(27)9-6-12-30-24-25-19-11-10-18(28-3)13-20(19)26(24)14-17-15-31-21-8-5-7-16(2)23(17)21;1-3-19-13(17)5-4-8-20-14-15-11-7-6-10(18-2)9-12(11)16-14;1-7-3-2-4-9-10(7)8(5-11)6-12-9;;/h2*5,7-8,10-11,13,15H,4,6,9,12,14H2,1-3H3;6-7,9H,3-5,8H2,1-2H3,(H,15,16);2-4,6H,5H2,1H3;1H4;1H. The third kappa shape index (κ3) is 20.3. The summed E-state index contributed by atoms with van der Waals surface area (Å²) in [5.41, 5.74) is 13.9. The Hall–Kier alpha value is -6.57. The van der Waals surface area contributed by atoms with Crippen molar-refractivity contribution in [3.63, 3.8) is 0 Å². The molecular formula is C73H84Br2N6O9S6. The Morgan fingerprint density at radius 3 is 1.40 bits per heavy atom. The summed E-state index contributed by atoms with van der Waals surface area (Å²) < 4.78 is 39.5. The third-order valence-electron chi connectivity index (χ3n) is 15.2. The van der Waals surface area contributed by atoms with E-state index in [4.69, 9.17) is 38.4 Å². The summed E-state index contributed by atoms with van der Waals surface area (Å²) in [6, 6.07) is 37.1. The highest BCUT2D eigenvalue weighted by atomic mass is 79.9. The number of nitrogens with zero attached hydrogens (tertiary/aromatic N) is 5. The molecule has 0 saturated carbocycles. The number of methoxy groups -OCH3 is 3. The van der Waals surface area contributed by atoms with Crippen LogP contribution in [0.4, 0.5) is 0 Å². The minimum atomic E-state index is -0.137. The van der Waals surface area contributed by atoms with Crippen LogP contribution in [-0.4, -0.2) is 105 Å². The number of halogens is 2. The van der Waals surface area contributed by atoms with Crippen LogP contribution >= 0.6 is 102 Å². The van der Waals surface area contributed by atoms with E-state index in [1.807, 2.05) is 80.6 Å². The highest BCUT2D eigenvalue weighted by molar-refractivity contribution is 9.08. The smallest absolute Gasteiger partial charge is 0.305 e. The number of thiophene rings is 3. The van der Waals surface area contributed by atoms with Crippen LogP contribution in [0, 0.1) is 20.8 Å². The number of nitrogens with one attached hydrogen (secondary N) is 1. The largest absolute Gasteiger partial charge is 0.497 e. The van der Waals surface area contributed by atoms with Gasteiger partial charge in [-0.25, -0.2) is 15.0 Å². The first-order valence-corrected chi connectivity index (χ1v) is 37.9. The first-order valence-electron chi connectivity index (χ1n) is 31.2. The van der Waals surface area contributed by atoms with Gasteiger partial charge < -0.3 is 42.5 Å². The Kier molecular flexibility index (Phi) is 30.8. The van der Waals surface area contributed by atoms with E-state index in [-0.39, 0.29) is 42.3 Å². The summed E-state index contributed by atoms with van der Waals surface area (Å²) in [5, 5.41) is 14.6. The summed E-state index contributed by atoms with van der Waals surface area (Å²) in [5.74, 6) is 4.46. The summed E-state index contributed by atoms with van der Waals surface area (Å²) in [6.07, 6.45) is 3.62. The molecule has 6 aromatic carbocycles. The average Bonchev–Trinajstić information content (AvgIpc) is 1.63. The van der Waals surface area contributed by atoms with Gasteiger partial charge in [0.25, 0.3) is 0 Å². The van der Waals surface area contributed by atoms with Gasteiger partial charge in [0.05, 0.1) is 87.3 Å². The Morgan fingerprint density at radius 2 is 0.917 bits per heavy atom. The lowest BCUT2D eigenvalue weighted by Crippen LogP contribution is -2.05. The number of thioether (sulfide) groups is 3. The number of alkyl halides is 1. The number of hydrogen-bond donors (Lipinski definition) is 1. The monoisotopic (exact) mass is 1540 g/mol. The van der Waals surface area contributed by atoms with E-state index in [0.717, 1.165) is 121 Å². The fourth-order valence-corrected chi connectivity index (χ4v) is 17.1. The van der Waals surface area contributed by atoms with Crippen molar-refractivity contribution in [2.24, 2.45) is 0 Å². The number of fused-ring (bicyclic) bond motifs is 6. The molecule has 0 fully saturated rings. The second-order valence-electron chi connectivity index (χ2n) is 21.6. The molecule has 0 aliphatic heterocycles. The summed E-state index contributed by atoms with van der Waals surface area (Å²) in [4.78, 5) is 52.0. The highest BCUT2D eigenvalue weighted by Gasteiger charge is 2.19. The lowest BCUT2D eigenvalue weighted by atomic mass is 10.1. The minimum Gasteiger partial charge on any atom is -0.497 e. The van der Waals surface area contributed by atoms with E-state index < -0.39 is 0 Å². The van der Waals surface area contributed by atoms with Gasteiger partial charge in [-0.15, -0.1) is 51.0 Å². The molecule has 0 saturated heterocycles. The van der Waals surface area contributed by atoms with E-state index in [1.165, 1.54) is 63.6 Å². The summed E-state index contributed by atoms with van der Waals surface area (Å²) in [7, 11) is 4.99. The van der Waals surface area contributed by atoms with Gasteiger partial charge in [0.2, 0.25) is 0 Å². The molecular weight excluding hydrogens is 1460 g/mol. The van der Waals surface area contributed by atoms with Crippen LogP contribution in [0.3, 0.4) is 0 Å². The number of rotatable bonds is 26.